The molecule has 1 aromatic rings. The molecule has 6 heteroatoms. The molecule has 1 fully saturated rings. The van der Waals surface area contributed by atoms with E-state index in [-0.39, 0.29) is 17.8 Å². The summed E-state index contributed by atoms with van der Waals surface area (Å²) in [7, 11) is 1.70. The maximum Gasteiger partial charge on any atom is 0.259 e. The highest BCUT2D eigenvalue weighted by Crippen LogP contribution is 2.24. The van der Waals surface area contributed by atoms with E-state index in [1.54, 1.807) is 11.9 Å². The number of aliphatic hydroxyl groups excluding tert-OH is 1. The molecule has 0 saturated heterocycles. The van der Waals surface area contributed by atoms with Crippen molar-refractivity contribution in [1.82, 2.24) is 15.1 Å². The van der Waals surface area contributed by atoms with E-state index in [2.05, 4.69) is 10.2 Å². The topological polar surface area (TPSA) is 95.2 Å². The summed E-state index contributed by atoms with van der Waals surface area (Å²) in [4.78, 5) is 13.7. The summed E-state index contributed by atoms with van der Waals surface area (Å²) in [5.74, 6) is 0.0781. The van der Waals surface area contributed by atoms with Crippen LogP contribution in [0.25, 0.3) is 0 Å². The smallest absolute Gasteiger partial charge is 0.259 e. The number of hydrogen-bond acceptors (Lipinski definition) is 4. The number of nitrogens with zero attached hydrogens (tertiary/aromatic N) is 2. The zero-order valence-corrected chi connectivity index (χ0v) is 9.89. The second-order valence-corrected chi connectivity index (χ2v) is 4.53. The Morgan fingerprint density at radius 2 is 2.29 bits per heavy atom. The van der Waals surface area contributed by atoms with Gasteiger partial charge in [-0.15, -0.1) is 0 Å². The second-order valence-electron chi connectivity index (χ2n) is 4.53. The van der Waals surface area contributed by atoms with Gasteiger partial charge in [-0.3, -0.25) is 9.89 Å². The molecule has 1 saturated carbocycles. The lowest BCUT2D eigenvalue weighted by Gasteiger charge is -2.35. The quantitative estimate of drug-likeness (QED) is 0.693. The van der Waals surface area contributed by atoms with E-state index in [4.69, 9.17) is 5.73 Å². The number of rotatable bonds is 2. The Morgan fingerprint density at radius 1 is 1.59 bits per heavy atom. The third kappa shape index (κ3) is 2.26. The maximum atomic E-state index is 12.1. The van der Waals surface area contributed by atoms with Crippen LogP contribution in [0.5, 0.6) is 0 Å². The molecule has 0 spiro atoms. The second kappa shape index (κ2) is 4.75. The molecule has 17 heavy (non-hydrogen) atoms. The first-order valence-corrected chi connectivity index (χ1v) is 5.85. The first-order chi connectivity index (χ1) is 8.11. The van der Waals surface area contributed by atoms with Crippen LogP contribution in [-0.2, 0) is 0 Å². The Balaban J connectivity index is 2.11. The molecule has 94 valence electrons. The summed E-state index contributed by atoms with van der Waals surface area (Å²) >= 11 is 0. The molecule has 1 aliphatic carbocycles. The number of aromatic amines is 1. The van der Waals surface area contributed by atoms with Crippen molar-refractivity contribution in [3.8, 4) is 0 Å². The van der Waals surface area contributed by atoms with E-state index in [0.717, 1.165) is 25.7 Å². The summed E-state index contributed by atoms with van der Waals surface area (Å²) in [6.07, 6.45) is 4.63. The van der Waals surface area contributed by atoms with Gasteiger partial charge in [0, 0.05) is 7.05 Å². The summed E-state index contributed by atoms with van der Waals surface area (Å²) in [6.45, 7) is 0. The number of aliphatic hydroxyl groups is 1. The Labute approximate surface area is 99.8 Å². The number of nitrogens with one attached hydrogen (secondary N) is 1. The van der Waals surface area contributed by atoms with Crippen molar-refractivity contribution in [1.29, 1.82) is 0 Å². The monoisotopic (exact) mass is 238 g/mol. The van der Waals surface area contributed by atoms with Gasteiger partial charge in [0.1, 0.15) is 11.4 Å². The molecule has 0 radical (unpaired) electrons. The summed E-state index contributed by atoms with van der Waals surface area (Å²) in [5.41, 5.74) is 5.98. The van der Waals surface area contributed by atoms with Crippen LogP contribution in [0.1, 0.15) is 36.0 Å². The Bertz CT molecular complexity index is 404. The normalized spacial score (nSPS) is 24.6. The molecule has 0 aliphatic heterocycles. The number of amides is 1. The van der Waals surface area contributed by atoms with Crippen molar-refractivity contribution >= 4 is 11.7 Å². The van der Waals surface area contributed by atoms with E-state index < -0.39 is 6.10 Å². The van der Waals surface area contributed by atoms with Crippen molar-refractivity contribution < 1.29 is 9.90 Å². The first-order valence-electron chi connectivity index (χ1n) is 5.85. The summed E-state index contributed by atoms with van der Waals surface area (Å²) < 4.78 is 0. The number of aromatic nitrogens is 2. The SMILES string of the molecule is CN(C(=O)c1cn[nH]c1N)C1CCCCC1O. The lowest BCUT2D eigenvalue weighted by atomic mass is 9.91. The van der Waals surface area contributed by atoms with Crippen LogP contribution in [-0.4, -0.2) is 45.3 Å². The number of nitrogens with two attached hydrogens (primary N) is 1. The number of carbonyl (C=O) groups is 1. The van der Waals surface area contributed by atoms with E-state index in [9.17, 15) is 9.90 Å². The Hall–Kier alpha value is -1.56. The Morgan fingerprint density at radius 3 is 2.88 bits per heavy atom. The predicted molar refractivity (Wildman–Crippen MR) is 63.4 cm³/mol. The lowest BCUT2D eigenvalue weighted by molar-refractivity contribution is 0.0268. The summed E-state index contributed by atoms with van der Waals surface area (Å²) in [5, 5.41) is 16.2. The van der Waals surface area contributed by atoms with Gasteiger partial charge in [-0.05, 0) is 12.8 Å². The molecule has 2 atom stereocenters. The van der Waals surface area contributed by atoms with Crippen molar-refractivity contribution in [2.75, 3.05) is 12.8 Å². The predicted octanol–water partition coefficient (Wildman–Crippen LogP) is 0.367. The molecule has 2 unspecified atom stereocenters. The van der Waals surface area contributed by atoms with Crippen molar-refractivity contribution in [3.05, 3.63) is 11.8 Å². The minimum Gasteiger partial charge on any atom is -0.391 e. The molecular formula is C11H18N4O2. The van der Waals surface area contributed by atoms with E-state index in [1.165, 1.54) is 6.20 Å². The van der Waals surface area contributed by atoms with E-state index in [0.29, 0.717) is 5.56 Å². The largest absolute Gasteiger partial charge is 0.391 e. The number of likely N-dealkylation sites (N-methyl/N-ethyl adjacent to an activating group) is 1. The number of H-pyrrole nitrogens is 1. The van der Waals surface area contributed by atoms with Crippen LogP contribution in [0.3, 0.4) is 0 Å². The van der Waals surface area contributed by atoms with Gasteiger partial charge in [0.05, 0.1) is 18.3 Å². The average molecular weight is 238 g/mol. The van der Waals surface area contributed by atoms with Gasteiger partial charge in [0.15, 0.2) is 0 Å². The average Bonchev–Trinajstić information content (AvgIpc) is 2.74. The summed E-state index contributed by atoms with van der Waals surface area (Å²) in [6, 6.07) is -0.120. The molecule has 1 amide bonds. The minimum absolute atomic E-state index is 0.120. The van der Waals surface area contributed by atoms with Crippen LogP contribution < -0.4 is 5.73 Å². The molecular weight excluding hydrogens is 220 g/mol. The van der Waals surface area contributed by atoms with Gasteiger partial charge in [0.25, 0.3) is 5.91 Å². The fourth-order valence-corrected chi connectivity index (χ4v) is 2.35. The minimum atomic E-state index is -0.439. The van der Waals surface area contributed by atoms with Crippen LogP contribution in [0.2, 0.25) is 0 Å². The highest BCUT2D eigenvalue weighted by atomic mass is 16.3. The van der Waals surface area contributed by atoms with E-state index in [1.807, 2.05) is 0 Å². The van der Waals surface area contributed by atoms with Crippen LogP contribution in [0, 0.1) is 0 Å². The maximum absolute atomic E-state index is 12.1. The van der Waals surface area contributed by atoms with Gasteiger partial charge < -0.3 is 15.7 Å². The molecule has 1 heterocycles. The highest BCUT2D eigenvalue weighted by molar-refractivity contribution is 5.98. The van der Waals surface area contributed by atoms with Crippen molar-refractivity contribution in [2.24, 2.45) is 0 Å². The fourth-order valence-electron chi connectivity index (χ4n) is 2.35. The zero-order chi connectivity index (χ0) is 12.4. The van der Waals surface area contributed by atoms with Crippen LogP contribution >= 0.6 is 0 Å². The van der Waals surface area contributed by atoms with Gasteiger partial charge in [-0.1, -0.05) is 12.8 Å². The first kappa shape index (κ1) is 11.9. The molecule has 4 N–H and O–H groups in total. The molecule has 0 aromatic carbocycles. The Kier molecular flexibility index (Phi) is 3.33. The zero-order valence-electron chi connectivity index (χ0n) is 9.89. The van der Waals surface area contributed by atoms with Gasteiger partial charge in [-0.2, -0.15) is 5.10 Å². The van der Waals surface area contributed by atoms with Gasteiger partial charge >= 0.3 is 0 Å². The van der Waals surface area contributed by atoms with Gasteiger partial charge in [-0.25, -0.2) is 0 Å². The van der Waals surface area contributed by atoms with Crippen LogP contribution in [0.4, 0.5) is 5.82 Å². The third-order valence-electron chi connectivity index (χ3n) is 3.41. The lowest BCUT2D eigenvalue weighted by Crippen LogP contribution is -2.46. The van der Waals surface area contributed by atoms with Crippen molar-refractivity contribution in [2.45, 2.75) is 37.8 Å². The van der Waals surface area contributed by atoms with Crippen LogP contribution in [0.15, 0.2) is 6.20 Å². The number of carbonyl (C=O) groups excluding carboxylic acids is 1. The molecule has 0 bridgehead atoms. The molecule has 2 rings (SSSR count). The third-order valence-corrected chi connectivity index (χ3v) is 3.41. The van der Waals surface area contributed by atoms with Crippen molar-refractivity contribution in [3.63, 3.8) is 0 Å². The van der Waals surface area contributed by atoms with E-state index >= 15 is 0 Å². The fraction of sp³-hybridized carbons (Fsp3) is 0.636. The molecule has 1 aliphatic rings. The molecule has 6 nitrogen and oxygen atoms in total. The standard InChI is InChI=1S/C11H18N4O2/c1-15(8-4-2-3-5-9(8)16)11(17)7-6-13-14-10(7)12/h6,8-9,16H,2-5H2,1H3,(H3,12,13,14). The molecule has 1 aromatic heterocycles. The number of hydrogen-bond donors (Lipinski definition) is 3. The number of nitrogen functional groups attached to an aromatic ring is 1. The highest BCUT2D eigenvalue weighted by Gasteiger charge is 2.30. The van der Waals surface area contributed by atoms with Gasteiger partial charge in [0.2, 0.25) is 0 Å². The number of anilines is 1.